The summed E-state index contributed by atoms with van der Waals surface area (Å²) in [4.78, 5) is 51.0. The highest BCUT2D eigenvalue weighted by Gasteiger charge is 2.36. The van der Waals surface area contributed by atoms with Crippen molar-refractivity contribution in [3.8, 4) is 5.75 Å². The number of amides is 2. The van der Waals surface area contributed by atoms with E-state index in [9.17, 15) is 19.2 Å². The van der Waals surface area contributed by atoms with Crippen molar-refractivity contribution >= 4 is 23.8 Å². The third kappa shape index (κ3) is 8.33. The molecule has 2 amide bonds. The second-order valence-corrected chi connectivity index (χ2v) is 8.73. The fourth-order valence-electron chi connectivity index (χ4n) is 3.25. The van der Waals surface area contributed by atoms with Crippen LogP contribution >= 0.6 is 0 Å². The lowest BCUT2D eigenvalue weighted by molar-refractivity contribution is -0.145. The summed E-state index contributed by atoms with van der Waals surface area (Å²) < 4.78 is 21.4. The van der Waals surface area contributed by atoms with Gasteiger partial charge in [0.1, 0.15) is 11.4 Å². The molecule has 1 aromatic carbocycles. The minimum atomic E-state index is -1.37. The van der Waals surface area contributed by atoms with E-state index in [0.717, 1.165) is 0 Å². The molecule has 0 saturated carbocycles. The van der Waals surface area contributed by atoms with Crippen LogP contribution in [0.3, 0.4) is 0 Å². The Kier molecular flexibility index (Phi) is 9.85. The predicted octanol–water partition coefficient (Wildman–Crippen LogP) is 2.34. The Morgan fingerprint density at radius 2 is 1.79 bits per heavy atom. The van der Waals surface area contributed by atoms with Crippen molar-refractivity contribution in [3.05, 3.63) is 29.8 Å². The normalized spacial score (nSPS) is 16.5. The molecule has 1 N–H and O–H groups in total. The minimum absolute atomic E-state index is 0.221. The highest BCUT2D eigenvalue weighted by molar-refractivity contribution is 6.12. The highest BCUT2D eigenvalue weighted by Crippen LogP contribution is 2.21. The molecule has 2 rings (SSSR count). The first-order valence-electron chi connectivity index (χ1n) is 11.4. The molecule has 188 valence electrons. The molecule has 0 aromatic heterocycles. The van der Waals surface area contributed by atoms with Crippen LogP contribution in [0.25, 0.3) is 0 Å². The highest BCUT2D eigenvalue weighted by atomic mass is 16.6. The number of likely N-dealkylation sites (tertiary alicyclic amines) is 1. The van der Waals surface area contributed by atoms with Gasteiger partial charge in [0.25, 0.3) is 5.91 Å². The molecule has 0 radical (unpaired) electrons. The van der Waals surface area contributed by atoms with Crippen LogP contribution < -0.4 is 10.1 Å². The first kappa shape index (κ1) is 27.1. The maximum absolute atomic E-state index is 13.1. The number of esters is 1. The third-order valence-electron chi connectivity index (χ3n) is 4.75. The molecule has 0 bridgehead atoms. The van der Waals surface area contributed by atoms with Gasteiger partial charge >= 0.3 is 12.1 Å². The van der Waals surface area contributed by atoms with Crippen LogP contribution in [0.1, 0.15) is 51.4 Å². The minimum Gasteiger partial charge on any atom is -0.482 e. The Bertz CT molecular complexity index is 863. The molecular weight excluding hydrogens is 444 g/mol. The summed E-state index contributed by atoms with van der Waals surface area (Å²) in [5, 5.41) is 2.63. The quantitative estimate of drug-likeness (QED) is 0.309. The van der Waals surface area contributed by atoms with Gasteiger partial charge in [-0.05, 0) is 65.3 Å². The van der Waals surface area contributed by atoms with E-state index in [4.69, 9.17) is 18.9 Å². The molecule has 2 atom stereocenters. The van der Waals surface area contributed by atoms with Crippen LogP contribution in [0.2, 0.25) is 0 Å². The van der Waals surface area contributed by atoms with Crippen LogP contribution in [-0.4, -0.2) is 79.3 Å². The van der Waals surface area contributed by atoms with Crippen LogP contribution in [0, 0.1) is 0 Å². The number of hydrogen-bond acceptors (Lipinski definition) is 8. The summed E-state index contributed by atoms with van der Waals surface area (Å²) in [6, 6.07) is 6.06. The smallest absolute Gasteiger partial charge is 0.410 e. The van der Waals surface area contributed by atoms with Gasteiger partial charge in [-0.15, -0.1) is 0 Å². The molecular formula is C24H34N2O8. The monoisotopic (exact) mass is 478 g/mol. The van der Waals surface area contributed by atoms with E-state index in [1.54, 1.807) is 34.6 Å². The number of benzene rings is 1. The summed E-state index contributed by atoms with van der Waals surface area (Å²) in [5.41, 5.74) is -0.372. The summed E-state index contributed by atoms with van der Waals surface area (Å²) in [6.07, 6.45) is -1.84. The molecule has 10 heteroatoms. The SMILES string of the molecule is CCNC(=O)[C@@H](O[C@@H]1CCN(C(=O)OC(C)(C)C)C1)C(=O)c1ccc(OCC(=O)OCC)cc1. The number of hydrogen-bond donors (Lipinski definition) is 1. The molecule has 1 aromatic rings. The lowest BCUT2D eigenvalue weighted by atomic mass is 10.0. The van der Waals surface area contributed by atoms with Crippen molar-refractivity contribution in [2.75, 3.05) is 32.8 Å². The van der Waals surface area contributed by atoms with Crippen molar-refractivity contribution in [2.24, 2.45) is 0 Å². The molecule has 34 heavy (non-hydrogen) atoms. The van der Waals surface area contributed by atoms with Gasteiger partial charge in [0, 0.05) is 18.7 Å². The van der Waals surface area contributed by atoms with Gasteiger partial charge in [0.05, 0.1) is 19.3 Å². The molecule has 0 aliphatic carbocycles. The number of likely N-dealkylation sites (N-methyl/N-ethyl adjacent to an activating group) is 1. The van der Waals surface area contributed by atoms with Crippen molar-refractivity contribution < 1.29 is 38.1 Å². The Labute approximate surface area is 199 Å². The zero-order valence-corrected chi connectivity index (χ0v) is 20.4. The maximum Gasteiger partial charge on any atom is 0.410 e. The van der Waals surface area contributed by atoms with E-state index in [1.165, 1.54) is 29.2 Å². The Hall–Kier alpha value is -3.14. The Balaban J connectivity index is 2.04. The number of nitrogens with zero attached hydrogens (tertiary/aromatic N) is 1. The molecule has 1 saturated heterocycles. The zero-order valence-electron chi connectivity index (χ0n) is 20.4. The van der Waals surface area contributed by atoms with E-state index in [1.807, 2.05) is 0 Å². The summed E-state index contributed by atoms with van der Waals surface area (Å²) >= 11 is 0. The fraction of sp³-hybridized carbons (Fsp3) is 0.583. The molecule has 1 heterocycles. The van der Waals surface area contributed by atoms with Crippen LogP contribution in [0.5, 0.6) is 5.75 Å². The number of Topliss-reactive ketones (excluding diaryl/α,β-unsaturated/α-hetero) is 1. The van der Waals surface area contributed by atoms with Gasteiger partial charge in [0.2, 0.25) is 5.78 Å². The number of ketones is 1. The second kappa shape index (κ2) is 12.4. The predicted molar refractivity (Wildman–Crippen MR) is 123 cm³/mol. The molecule has 1 aliphatic heterocycles. The van der Waals surface area contributed by atoms with Crippen LogP contribution in [0.15, 0.2) is 24.3 Å². The van der Waals surface area contributed by atoms with E-state index < -0.39 is 41.6 Å². The number of carbonyl (C=O) groups excluding carboxylic acids is 4. The number of rotatable bonds is 10. The van der Waals surface area contributed by atoms with Gasteiger partial charge in [-0.2, -0.15) is 0 Å². The molecule has 1 fully saturated rings. The van der Waals surface area contributed by atoms with Crippen molar-refractivity contribution in [2.45, 2.75) is 58.8 Å². The molecule has 1 aliphatic rings. The van der Waals surface area contributed by atoms with Gasteiger partial charge in [-0.1, -0.05) is 0 Å². The molecule has 0 unspecified atom stereocenters. The summed E-state index contributed by atoms with van der Waals surface area (Å²) in [7, 11) is 0. The van der Waals surface area contributed by atoms with E-state index in [-0.39, 0.29) is 25.3 Å². The summed E-state index contributed by atoms with van der Waals surface area (Å²) in [6.45, 7) is 9.77. The van der Waals surface area contributed by atoms with E-state index in [2.05, 4.69) is 5.32 Å². The van der Waals surface area contributed by atoms with Crippen LogP contribution in [0.4, 0.5) is 4.79 Å². The average Bonchev–Trinajstić information content (AvgIpc) is 3.24. The zero-order chi connectivity index (χ0) is 25.3. The third-order valence-corrected chi connectivity index (χ3v) is 4.75. The van der Waals surface area contributed by atoms with Crippen molar-refractivity contribution in [1.82, 2.24) is 10.2 Å². The Morgan fingerprint density at radius 3 is 2.38 bits per heavy atom. The lowest BCUT2D eigenvalue weighted by Crippen LogP contribution is -2.44. The van der Waals surface area contributed by atoms with E-state index >= 15 is 0 Å². The number of carbonyl (C=O) groups is 4. The van der Waals surface area contributed by atoms with Gasteiger partial charge in [0.15, 0.2) is 12.7 Å². The second-order valence-electron chi connectivity index (χ2n) is 8.73. The first-order chi connectivity index (χ1) is 16.0. The average molecular weight is 479 g/mol. The fourth-order valence-corrected chi connectivity index (χ4v) is 3.25. The molecule has 0 spiro atoms. The van der Waals surface area contributed by atoms with E-state index in [0.29, 0.717) is 25.3 Å². The topological polar surface area (TPSA) is 120 Å². The largest absolute Gasteiger partial charge is 0.482 e. The number of ether oxygens (including phenoxy) is 4. The number of nitrogens with one attached hydrogen (secondary N) is 1. The van der Waals surface area contributed by atoms with Crippen molar-refractivity contribution in [3.63, 3.8) is 0 Å². The van der Waals surface area contributed by atoms with Crippen molar-refractivity contribution in [1.29, 1.82) is 0 Å². The van der Waals surface area contributed by atoms with Gasteiger partial charge < -0.3 is 29.2 Å². The lowest BCUT2D eigenvalue weighted by Gasteiger charge is -2.25. The maximum atomic E-state index is 13.1. The molecule has 10 nitrogen and oxygen atoms in total. The Morgan fingerprint density at radius 1 is 1.12 bits per heavy atom. The first-order valence-corrected chi connectivity index (χ1v) is 11.4. The van der Waals surface area contributed by atoms with Gasteiger partial charge in [-0.3, -0.25) is 9.59 Å². The standard InChI is InChI=1S/C24H34N2O8/c1-6-25-22(29)21(33-18-12-13-26(14-18)23(30)34-24(3,4)5)20(28)16-8-10-17(11-9-16)32-15-19(27)31-7-2/h8-11,18,21H,6-7,12-15H2,1-5H3,(H,25,29)/t18-,21+/m1/s1. The van der Waals surface area contributed by atoms with Gasteiger partial charge in [-0.25, -0.2) is 9.59 Å². The van der Waals surface area contributed by atoms with Crippen LogP contribution in [-0.2, 0) is 23.8 Å². The summed E-state index contributed by atoms with van der Waals surface area (Å²) in [5.74, 6) is -1.18.